The molecule has 1 heterocycles. The van der Waals surface area contributed by atoms with E-state index in [9.17, 15) is 18.0 Å². The van der Waals surface area contributed by atoms with Gasteiger partial charge >= 0.3 is 0 Å². The molecule has 3 aromatic rings. The number of benzene rings is 3. The summed E-state index contributed by atoms with van der Waals surface area (Å²) in [5.74, 6) is -1.49. The number of methoxy groups -OCH3 is 1. The van der Waals surface area contributed by atoms with Crippen LogP contribution in [0.25, 0.3) is 11.1 Å². The fourth-order valence-corrected chi connectivity index (χ4v) is 4.90. The number of ether oxygens (including phenoxy) is 1. The molecule has 178 valence electrons. The number of hydrogen-bond donors (Lipinski definition) is 0. The van der Waals surface area contributed by atoms with Crippen molar-refractivity contribution in [1.29, 1.82) is 0 Å². The Morgan fingerprint density at radius 3 is 2.26 bits per heavy atom. The largest absolute Gasteiger partial charge is 0.385 e. The van der Waals surface area contributed by atoms with Crippen LogP contribution in [0.1, 0.15) is 43.4 Å². The number of piperidine rings is 1. The van der Waals surface area contributed by atoms with Gasteiger partial charge in [0.15, 0.2) is 0 Å². The summed E-state index contributed by atoms with van der Waals surface area (Å²) in [7, 11) is 1.64. The zero-order chi connectivity index (χ0) is 24.3. The van der Waals surface area contributed by atoms with Gasteiger partial charge in [0.2, 0.25) is 5.91 Å². The van der Waals surface area contributed by atoms with Gasteiger partial charge < -0.3 is 9.64 Å². The summed E-state index contributed by atoms with van der Waals surface area (Å²) in [5.41, 5.74) is 2.48. The maximum absolute atomic E-state index is 14.1. The SMILES string of the molecule is COCC[C@]1(c2ccc(F)cc2)CCN([C@@H](C)c2ccc(-c3ccc(F)cc3F)cc2)C(=O)C1. The highest BCUT2D eigenvalue weighted by Crippen LogP contribution is 2.41. The second-order valence-electron chi connectivity index (χ2n) is 8.97. The molecule has 1 aliphatic rings. The van der Waals surface area contributed by atoms with E-state index in [1.807, 2.05) is 24.0 Å². The quantitative estimate of drug-likeness (QED) is 0.401. The molecule has 0 bridgehead atoms. The third-order valence-electron chi connectivity index (χ3n) is 6.99. The Hall–Kier alpha value is -3.12. The van der Waals surface area contributed by atoms with Crippen LogP contribution in [0.3, 0.4) is 0 Å². The summed E-state index contributed by atoms with van der Waals surface area (Å²) < 4.78 is 46.2. The minimum Gasteiger partial charge on any atom is -0.385 e. The van der Waals surface area contributed by atoms with Gasteiger partial charge in [-0.25, -0.2) is 13.2 Å². The summed E-state index contributed by atoms with van der Waals surface area (Å²) in [4.78, 5) is 15.2. The van der Waals surface area contributed by atoms with E-state index in [0.29, 0.717) is 37.1 Å². The van der Waals surface area contributed by atoms with E-state index in [1.54, 1.807) is 31.4 Å². The van der Waals surface area contributed by atoms with Crippen LogP contribution < -0.4 is 0 Å². The number of rotatable bonds is 7. The number of amides is 1. The van der Waals surface area contributed by atoms with Crippen LogP contribution in [0, 0.1) is 17.5 Å². The first-order valence-electron chi connectivity index (χ1n) is 11.4. The summed E-state index contributed by atoms with van der Waals surface area (Å²) in [6.45, 7) is 3.06. The van der Waals surface area contributed by atoms with Crippen LogP contribution in [0.4, 0.5) is 13.2 Å². The van der Waals surface area contributed by atoms with E-state index in [1.165, 1.54) is 24.3 Å². The first-order chi connectivity index (χ1) is 16.3. The monoisotopic (exact) mass is 467 g/mol. The summed E-state index contributed by atoms with van der Waals surface area (Å²) in [6, 6.07) is 17.1. The topological polar surface area (TPSA) is 29.5 Å². The highest BCUT2D eigenvalue weighted by molar-refractivity contribution is 5.79. The maximum Gasteiger partial charge on any atom is 0.223 e. The van der Waals surface area contributed by atoms with Crippen molar-refractivity contribution in [3.8, 4) is 11.1 Å². The van der Waals surface area contributed by atoms with Crippen LogP contribution in [0.2, 0.25) is 0 Å². The van der Waals surface area contributed by atoms with Gasteiger partial charge in [-0.2, -0.15) is 0 Å². The van der Waals surface area contributed by atoms with Crippen LogP contribution in [0.5, 0.6) is 0 Å². The van der Waals surface area contributed by atoms with E-state index < -0.39 is 11.6 Å². The van der Waals surface area contributed by atoms with E-state index >= 15 is 0 Å². The normalized spacial score (nSPS) is 19.3. The molecule has 0 unspecified atom stereocenters. The Morgan fingerprint density at radius 1 is 0.971 bits per heavy atom. The standard InChI is InChI=1S/C28H28F3NO2/c1-19(20-3-5-21(6-4-20)25-12-11-24(30)17-26(25)31)32-15-13-28(14-16-34-2,18-27(32)33)22-7-9-23(29)10-8-22/h3-12,17,19H,13-16,18H2,1-2H3/t19-,28+/m0/s1. The van der Waals surface area contributed by atoms with Crippen molar-refractivity contribution in [2.75, 3.05) is 20.3 Å². The smallest absolute Gasteiger partial charge is 0.223 e. The molecule has 0 radical (unpaired) electrons. The summed E-state index contributed by atoms with van der Waals surface area (Å²) in [6.07, 6.45) is 1.75. The molecule has 2 atom stereocenters. The third-order valence-corrected chi connectivity index (χ3v) is 6.99. The van der Waals surface area contributed by atoms with Gasteiger partial charge in [0.1, 0.15) is 17.5 Å². The predicted octanol–water partition coefficient (Wildman–Crippen LogP) is 6.43. The van der Waals surface area contributed by atoms with Crippen molar-refractivity contribution >= 4 is 5.91 Å². The van der Waals surface area contributed by atoms with Gasteiger partial charge in [-0.15, -0.1) is 0 Å². The van der Waals surface area contributed by atoms with Gasteiger partial charge in [-0.3, -0.25) is 4.79 Å². The number of carbonyl (C=O) groups is 1. The average molecular weight is 468 g/mol. The molecule has 4 rings (SSSR count). The van der Waals surface area contributed by atoms with Gasteiger partial charge in [0.25, 0.3) is 0 Å². The fraction of sp³-hybridized carbons (Fsp3) is 0.321. The van der Waals surface area contributed by atoms with Gasteiger partial charge in [0, 0.05) is 43.7 Å². The number of carbonyl (C=O) groups excluding carboxylic acids is 1. The van der Waals surface area contributed by atoms with Crippen molar-refractivity contribution < 1.29 is 22.7 Å². The Kier molecular flexibility index (Phi) is 7.08. The second-order valence-corrected chi connectivity index (χ2v) is 8.97. The van der Waals surface area contributed by atoms with E-state index in [4.69, 9.17) is 4.74 Å². The predicted molar refractivity (Wildman–Crippen MR) is 126 cm³/mol. The molecule has 1 saturated heterocycles. The van der Waals surface area contributed by atoms with Crippen LogP contribution in [0.15, 0.2) is 66.7 Å². The first-order valence-corrected chi connectivity index (χ1v) is 11.4. The molecule has 0 aromatic heterocycles. The molecular formula is C28H28F3NO2. The minimum absolute atomic E-state index is 0.0350. The molecular weight excluding hydrogens is 439 g/mol. The van der Waals surface area contributed by atoms with Gasteiger partial charge in [-0.05, 0) is 60.7 Å². The molecule has 0 saturated carbocycles. The van der Waals surface area contributed by atoms with E-state index in [-0.39, 0.29) is 23.2 Å². The molecule has 1 aliphatic heterocycles. The lowest BCUT2D eigenvalue weighted by atomic mass is 9.70. The Bertz CT molecular complexity index is 1150. The molecule has 0 spiro atoms. The number of nitrogens with zero attached hydrogens (tertiary/aromatic N) is 1. The molecule has 3 nitrogen and oxygen atoms in total. The third kappa shape index (κ3) is 4.87. The zero-order valence-electron chi connectivity index (χ0n) is 19.4. The van der Waals surface area contributed by atoms with Crippen LogP contribution >= 0.6 is 0 Å². The highest BCUT2D eigenvalue weighted by Gasteiger charge is 2.41. The number of hydrogen-bond acceptors (Lipinski definition) is 2. The molecule has 1 amide bonds. The number of halogens is 3. The van der Waals surface area contributed by atoms with Crippen LogP contribution in [-0.2, 0) is 14.9 Å². The van der Waals surface area contributed by atoms with Crippen molar-refractivity contribution in [3.63, 3.8) is 0 Å². The minimum atomic E-state index is -0.614. The molecule has 0 aliphatic carbocycles. The first kappa shape index (κ1) is 24.0. The Labute approximate surface area is 198 Å². The van der Waals surface area contributed by atoms with E-state index in [2.05, 4.69) is 0 Å². The maximum atomic E-state index is 14.1. The fourth-order valence-electron chi connectivity index (χ4n) is 4.90. The van der Waals surface area contributed by atoms with E-state index in [0.717, 1.165) is 23.6 Å². The molecule has 3 aromatic carbocycles. The molecule has 1 fully saturated rings. The Balaban J connectivity index is 1.52. The molecule has 6 heteroatoms. The summed E-state index contributed by atoms with van der Waals surface area (Å²) >= 11 is 0. The molecule has 0 N–H and O–H groups in total. The second kappa shape index (κ2) is 10.0. The zero-order valence-corrected chi connectivity index (χ0v) is 19.4. The number of likely N-dealkylation sites (tertiary alicyclic amines) is 1. The van der Waals surface area contributed by atoms with Gasteiger partial charge in [-0.1, -0.05) is 36.4 Å². The average Bonchev–Trinajstić information content (AvgIpc) is 2.83. The van der Waals surface area contributed by atoms with Crippen molar-refractivity contribution in [3.05, 3.63) is 95.3 Å². The van der Waals surface area contributed by atoms with Crippen molar-refractivity contribution in [1.82, 2.24) is 4.90 Å². The lowest BCUT2D eigenvalue weighted by Crippen LogP contribution is -2.47. The van der Waals surface area contributed by atoms with Crippen LogP contribution in [-0.4, -0.2) is 31.1 Å². The summed E-state index contributed by atoms with van der Waals surface area (Å²) in [5, 5.41) is 0. The van der Waals surface area contributed by atoms with Crippen molar-refractivity contribution in [2.24, 2.45) is 0 Å². The highest BCUT2D eigenvalue weighted by atomic mass is 19.1. The lowest BCUT2D eigenvalue weighted by Gasteiger charge is -2.44. The molecule has 34 heavy (non-hydrogen) atoms. The Morgan fingerprint density at radius 2 is 1.65 bits per heavy atom. The van der Waals surface area contributed by atoms with Gasteiger partial charge in [0.05, 0.1) is 6.04 Å². The van der Waals surface area contributed by atoms with Crippen molar-refractivity contribution in [2.45, 2.75) is 37.6 Å². The lowest BCUT2D eigenvalue weighted by molar-refractivity contribution is -0.138.